The zero-order valence-corrected chi connectivity index (χ0v) is 18.8. The number of aliphatic hydroxyl groups excluding tert-OH is 1. The fourth-order valence-corrected chi connectivity index (χ4v) is 3.75. The minimum atomic E-state index is -1.17. The van der Waals surface area contributed by atoms with Gasteiger partial charge in [0.15, 0.2) is 0 Å². The lowest BCUT2D eigenvalue weighted by Gasteiger charge is -2.13. The molecule has 3 rings (SSSR count). The van der Waals surface area contributed by atoms with Crippen molar-refractivity contribution in [2.45, 2.75) is 39.3 Å². The van der Waals surface area contributed by atoms with Crippen molar-refractivity contribution in [2.24, 2.45) is 0 Å². The Hall–Kier alpha value is -3.98. The molecule has 4 N–H and O–H groups in total. The Kier molecular flexibility index (Phi) is 8.15. The van der Waals surface area contributed by atoms with Gasteiger partial charge >= 0.3 is 11.9 Å². The Labute approximate surface area is 196 Å². The number of imidazole rings is 1. The molecule has 1 amide bonds. The van der Waals surface area contributed by atoms with E-state index in [0.717, 1.165) is 24.0 Å². The highest BCUT2D eigenvalue weighted by molar-refractivity contribution is 5.96. The number of aliphatic hydroxyl groups is 1. The van der Waals surface area contributed by atoms with Gasteiger partial charge in [-0.3, -0.25) is 9.59 Å². The molecule has 0 atom stereocenters. The Morgan fingerprint density at radius 1 is 1.03 bits per heavy atom. The number of carbonyl (C=O) groups excluding carboxylic acids is 1. The number of carbonyl (C=O) groups is 3. The standard InChI is InChI=1S/C25H27N3O6/c1-2-3-8-21-27-20(15-29)23(24(32)26-13-22(30)31)28(21)14-16-9-11-17(12-10-16)18-6-4-5-7-19(18)25(33)34/h4-7,9-12,29H,2-3,8,13-15H2,1H3,(H,26,32)(H,30,31)(H,33,34). The van der Waals surface area contributed by atoms with Crippen LogP contribution in [0.15, 0.2) is 48.5 Å². The van der Waals surface area contributed by atoms with Crippen molar-refractivity contribution in [1.82, 2.24) is 14.9 Å². The molecule has 2 aromatic carbocycles. The third-order valence-electron chi connectivity index (χ3n) is 5.40. The number of hydrogen-bond donors (Lipinski definition) is 4. The van der Waals surface area contributed by atoms with Crippen LogP contribution in [0.25, 0.3) is 11.1 Å². The summed E-state index contributed by atoms with van der Waals surface area (Å²) in [5, 5.41) is 30.5. The molecule has 0 unspecified atom stereocenters. The molecule has 0 saturated heterocycles. The summed E-state index contributed by atoms with van der Waals surface area (Å²) in [6.07, 6.45) is 2.35. The van der Waals surface area contributed by atoms with Crippen molar-refractivity contribution in [3.63, 3.8) is 0 Å². The van der Waals surface area contributed by atoms with Crippen LogP contribution in [0.3, 0.4) is 0 Å². The largest absolute Gasteiger partial charge is 0.480 e. The molecule has 0 radical (unpaired) electrons. The number of aryl methyl sites for hydroxylation is 1. The third-order valence-corrected chi connectivity index (χ3v) is 5.40. The second-order valence-electron chi connectivity index (χ2n) is 7.80. The first-order valence-electron chi connectivity index (χ1n) is 11.0. The molecule has 34 heavy (non-hydrogen) atoms. The maximum atomic E-state index is 12.8. The van der Waals surface area contributed by atoms with Crippen LogP contribution in [0.2, 0.25) is 0 Å². The number of amides is 1. The minimum Gasteiger partial charge on any atom is -0.480 e. The van der Waals surface area contributed by atoms with Gasteiger partial charge in [-0.2, -0.15) is 0 Å². The molecule has 1 aromatic heterocycles. The molecule has 0 spiro atoms. The smallest absolute Gasteiger partial charge is 0.336 e. The van der Waals surface area contributed by atoms with Crippen molar-refractivity contribution in [2.75, 3.05) is 6.54 Å². The van der Waals surface area contributed by atoms with Crippen LogP contribution >= 0.6 is 0 Å². The number of nitrogens with zero attached hydrogens (tertiary/aromatic N) is 2. The average Bonchev–Trinajstić information content (AvgIpc) is 3.18. The van der Waals surface area contributed by atoms with Gasteiger partial charge < -0.3 is 25.2 Å². The fourth-order valence-electron chi connectivity index (χ4n) is 3.75. The summed E-state index contributed by atoms with van der Waals surface area (Å²) in [5.41, 5.74) is 2.72. The van der Waals surface area contributed by atoms with Crippen molar-refractivity contribution < 1.29 is 29.7 Å². The van der Waals surface area contributed by atoms with E-state index in [9.17, 15) is 24.6 Å². The highest BCUT2D eigenvalue weighted by Crippen LogP contribution is 2.25. The molecule has 0 bridgehead atoms. The Balaban J connectivity index is 1.96. The summed E-state index contributed by atoms with van der Waals surface area (Å²) in [6, 6.07) is 14.1. The van der Waals surface area contributed by atoms with E-state index in [1.807, 2.05) is 31.2 Å². The van der Waals surface area contributed by atoms with Gasteiger partial charge in [0.2, 0.25) is 0 Å². The number of aliphatic carboxylic acids is 1. The minimum absolute atomic E-state index is 0.134. The van der Waals surface area contributed by atoms with Crippen molar-refractivity contribution >= 4 is 17.8 Å². The second kappa shape index (κ2) is 11.2. The van der Waals surface area contributed by atoms with Crippen LogP contribution in [0.1, 0.15) is 57.7 Å². The summed E-state index contributed by atoms with van der Waals surface area (Å²) in [7, 11) is 0. The normalized spacial score (nSPS) is 10.8. The monoisotopic (exact) mass is 465 g/mol. The topological polar surface area (TPSA) is 142 Å². The SMILES string of the molecule is CCCCc1nc(CO)c(C(=O)NCC(=O)O)n1Cc1ccc(-c2ccccc2C(=O)O)cc1. The van der Waals surface area contributed by atoms with Crippen LogP contribution in [0.4, 0.5) is 0 Å². The summed E-state index contributed by atoms with van der Waals surface area (Å²) in [6.45, 7) is 1.32. The first-order chi connectivity index (χ1) is 16.3. The van der Waals surface area contributed by atoms with E-state index in [2.05, 4.69) is 10.3 Å². The van der Waals surface area contributed by atoms with E-state index in [0.29, 0.717) is 17.8 Å². The Morgan fingerprint density at radius 2 is 1.74 bits per heavy atom. The number of rotatable bonds is 11. The number of hydrogen-bond acceptors (Lipinski definition) is 5. The molecule has 9 nitrogen and oxygen atoms in total. The predicted molar refractivity (Wildman–Crippen MR) is 125 cm³/mol. The summed E-state index contributed by atoms with van der Waals surface area (Å²) >= 11 is 0. The van der Waals surface area contributed by atoms with E-state index < -0.39 is 31.0 Å². The number of nitrogens with one attached hydrogen (secondary N) is 1. The van der Waals surface area contributed by atoms with Crippen LogP contribution in [-0.4, -0.2) is 49.3 Å². The quantitative estimate of drug-likeness (QED) is 0.341. The van der Waals surface area contributed by atoms with Gasteiger partial charge in [-0.25, -0.2) is 9.78 Å². The van der Waals surface area contributed by atoms with Gasteiger partial charge in [-0.15, -0.1) is 0 Å². The van der Waals surface area contributed by atoms with Gasteiger partial charge in [-0.1, -0.05) is 55.8 Å². The molecular formula is C25H27N3O6. The number of aromatic nitrogens is 2. The second-order valence-corrected chi connectivity index (χ2v) is 7.80. The highest BCUT2D eigenvalue weighted by atomic mass is 16.4. The number of carboxylic acids is 2. The molecule has 178 valence electrons. The molecule has 9 heteroatoms. The van der Waals surface area contributed by atoms with E-state index in [-0.39, 0.29) is 23.5 Å². The van der Waals surface area contributed by atoms with E-state index in [1.54, 1.807) is 28.8 Å². The van der Waals surface area contributed by atoms with Crippen molar-refractivity contribution in [3.8, 4) is 11.1 Å². The molecule has 0 saturated carbocycles. The summed E-state index contributed by atoms with van der Waals surface area (Å²) in [4.78, 5) is 39.7. The fraction of sp³-hybridized carbons (Fsp3) is 0.280. The Bertz CT molecular complexity index is 1180. The lowest BCUT2D eigenvalue weighted by molar-refractivity contribution is -0.135. The van der Waals surface area contributed by atoms with Gasteiger partial charge in [0.1, 0.15) is 18.1 Å². The van der Waals surface area contributed by atoms with E-state index >= 15 is 0 Å². The zero-order valence-electron chi connectivity index (χ0n) is 18.8. The highest BCUT2D eigenvalue weighted by Gasteiger charge is 2.23. The molecule has 0 aliphatic carbocycles. The molecule has 0 fully saturated rings. The Morgan fingerprint density at radius 3 is 2.35 bits per heavy atom. The van der Waals surface area contributed by atoms with Gasteiger partial charge in [0.25, 0.3) is 5.91 Å². The predicted octanol–water partition coefficient (Wildman–Crippen LogP) is 2.95. The summed E-state index contributed by atoms with van der Waals surface area (Å²) in [5.74, 6) is -2.17. The van der Waals surface area contributed by atoms with Crippen LogP contribution in [-0.2, 0) is 24.4 Å². The van der Waals surface area contributed by atoms with Crippen LogP contribution in [0.5, 0.6) is 0 Å². The number of carboxylic acid groups (broad SMARTS) is 2. The van der Waals surface area contributed by atoms with Crippen molar-refractivity contribution in [3.05, 3.63) is 76.9 Å². The van der Waals surface area contributed by atoms with Gasteiger partial charge in [0.05, 0.1) is 17.9 Å². The molecule has 1 heterocycles. The third kappa shape index (κ3) is 5.68. The molecule has 0 aliphatic heterocycles. The van der Waals surface area contributed by atoms with Crippen LogP contribution < -0.4 is 5.32 Å². The number of unbranched alkanes of at least 4 members (excludes halogenated alkanes) is 1. The van der Waals surface area contributed by atoms with E-state index in [1.165, 1.54) is 0 Å². The lowest BCUT2D eigenvalue weighted by Crippen LogP contribution is -2.32. The van der Waals surface area contributed by atoms with Gasteiger partial charge in [-0.05, 0) is 29.2 Å². The first kappa shape index (κ1) is 24.7. The lowest BCUT2D eigenvalue weighted by atomic mass is 9.98. The van der Waals surface area contributed by atoms with E-state index in [4.69, 9.17) is 5.11 Å². The maximum Gasteiger partial charge on any atom is 0.336 e. The van der Waals surface area contributed by atoms with Crippen molar-refractivity contribution in [1.29, 1.82) is 0 Å². The average molecular weight is 466 g/mol. The molecular weight excluding hydrogens is 438 g/mol. The maximum absolute atomic E-state index is 12.8. The van der Waals surface area contributed by atoms with Crippen LogP contribution in [0, 0.1) is 0 Å². The summed E-state index contributed by atoms with van der Waals surface area (Å²) < 4.78 is 1.71. The molecule has 3 aromatic rings. The first-order valence-corrected chi connectivity index (χ1v) is 11.0. The zero-order chi connectivity index (χ0) is 24.7. The number of aromatic carboxylic acids is 1. The number of benzene rings is 2. The molecule has 0 aliphatic rings. The van der Waals surface area contributed by atoms with Gasteiger partial charge in [0, 0.05) is 13.0 Å².